The zero-order chi connectivity index (χ0) is 18.6. The van der Waals surface area contributed by atoms with Crippen molar-refractivity contribution in [1.29, 1.82) is 0 Å². The van der Waals surface area contributed by atoms with Crippen molar-refractivity contribution in [2.75, 3.05) is 12.4 Å². The van der Waals surface area contributed by atoms with Gasteiger partial charge in [0.1, 0.15) is 22.8 Å². The number of hydrogen-bond acceptors (Lipinski definition) is 5. The van der Waals surface area contributed by atoms with Gasteiger partial charge in [0.25, 0.3) is 5.91 Å². The molecule has 27 heavy (non-hydrogen) atoms. The summed E-state index contributed by atoms with van der Waals surface area (Å²) in [5, 5.41) is 3.37. The molecule has 0 atom stereocenters. The van der Waals surface area contributed by atoms with Gasteiger partial charge < -0.3 is 9.47 Å². The summed E-state index contributed by atoms with van der Waals surface area (Å²) < 4.78 is 12.0. The second kappa shape index (κ2) is 7.47. The zero-order valence-electron chi connectivity index (χ0n) is 14.5. The third-order valence-electron chi connectivity index (χ3n) is 3.92. The van der Waals surface area contributed by atoms with Crippen molar-refractivity contribution in [3.8, 4) is 17.2 Å². The molecule has 0 saturated carbocycles. The highest BCUT2D eigenvalue weighted by atomic mass is 32.1. The average Bonchev–Trinajstić information content (AvgIpc) is 3.11. The van der Waals surface area contributed by atoms with Crippen molar-refractivity contribution in [2.45, 2.75) is 0 Å². The Kier molecular flexibility index (Phi) is 4.72. The van der Waals surface area contributed by atoms with Gasteiger partial charge in [-0.1, -0.05) is 35.6 Å². The molecule has 1 amide bonds. The van der Waals surface area contributed by atoms with E-state index < -0.39 is 0 Å². The van der Waals surface area contributed by atoms with Crippen molar-refractivity contribution in [3.05, 3.63) is 78.4 Å². The van der Waals surface area contributed by atoms with Crippen LogP contribution in [0.5, 0.6) is 17.2 Å². The molecule has 0 saturated heterocycles. The molecule has 0 fully saturated rings. The van der Waals surface area contributed by atoms with Gasteiger partial charge in [0, 0.05) is 5.56 Å². The van der Waals surface area contributed by atoms with E-state index in [0.717, 1.165) is 16.0 Å². The lowest BCUT2D eigenvalue weighted by Gasteiger charge is -2.06. The number of ether oxygens (including phenoxy) is 2. The predicted octanol–water partition coefficient (Wildman–Crippen LogP) is 5.35. The summed E-state index contributed by atoms with van der Waals surface area (Å²) in [5.41, 5.74) is 1.27. The number of amides is 1. The van der Waals surface area contributed by atoms with Crippen molar-refractivity contribution in [1.82, 2.24) is 4.98 Å². The van der Waals surface area contributed by atoms with Crippen molar-refractivity contribution < 1.29 is 14.3 Å². The molecule has 4 rings (SSSR count). The quantitative estimate of drug-likeness (QED) is 0.510. The number of nitrogens with zero attached hydrogens (tertiary/aromatic N) is 1. The number of carbonyl (C=O) groups excluding carboxylic acids is 1. The van der Waals surface area contributed by atoms with Crippen LogP contribution in [0.25, 0.3) is 10.2 Å². The summed E-state index contributed by atoms with van der Waals surface area (Å²) in [6.45, 7) is 0. The number of rotatable bonds is 5. The third-order valence-corrected chi connectivity index (χ3v) is 4.85. The largest absolute Gasteiger partial charge is 0.494 e. The fourth-order valence-electron chi connectivity index (χ4n) is 2.61. The van der Waals surface area contributed by atoms with E-state index in [2.05, 4.69) is 10.3 Å². The molecule has 4 aromatic rings. The summed E-state index contributed by atoms with van der Waals surface area (Å²) in [4.78, 5) is 17.0. The number of thiazole rings is 1. The van der Waals surface area contributed by atoms with Gasteiger partial charge in [-0.2, -0.15) is 0 Å². The number of benzene rings is 3. The first-order valence-corrected chi connectivity index (χ1v) is 9.12. The molecule has 5 nitrogen and oxygen atoms in total. The van der Waals surface area contributed by atoms with Gasteiger partial charge >= 0.3 is 0 Å². The Hall–Kier alpha value is -3.38. The highest BCUT2D eigenvalue weighted by Crippen LogP contribution is 2.32. The minimum atomic E-state index is -0.223. The summed E-state index contributed by atoms with van der Waals surface area (Å²) in [5.74, 6) is 1.88. The zero-order valence-corrected chi connectivity index (χ0v) is 15.3. The number of anilines is 1. The minimum Gasteiger partial charge on any atom is -0.494 e. The van der Waals surface area contributed by atoms with E-state index in [9.17, 15) is 4.79 Å². The highest BCUT2D eigenvalue weighted by Gasteiger charge is 2.12. The van der Waals surface area contributed by atoms with Crippen LogP contribution >= 0.6 is 11.3 Å². The van der Waals surface area contributed by atoms with Crippen LogP contribution in [0.15, 0.2) is 72.8 Å². The van der Waals surface area contributed by atoms with Crippen LogP contribution in [0.2, 0.25) is 0 Å². The van der Waals surface area contributed by atoms with Crippen molar-refractivity contribution in [3.63, 3.8) is 0 Å². The second-order valence-corrected chi connectivity index (χ2v) is 6.75. The normalized spacial score (nSPS) is 10.6. The molecule has 1 N–H and O–H groups in total. The van der Waals surface area contributed by atoms with Crippen LogP contribution in [0.3, 0.4) is 0 Å². The summed E-state index contributed by atoms with van der Waals surface area (Å²) in [7, 11) is 1.60. The lowest BCUT2D eigenvalue weighted by molar-refractivity contribution is 0.102. The smallest absolute Gasteiger partial charge is 0.257 e. The average molecular weight is 376 g/mol. The fourth-order valence-corrected chi connectivity index (χ4v) is 3.49. The van der Waals surface area contributed by atoms with Crippen molar-refractivity contribution >= 4 is 32.6 Å². The Morgan fingerprint density at radius 1 is 0.926 bits per heavy atom. The second-order valence-electron chi connectivity index (χ2n) is 5.72. The molecule has 0 aliphatic carbocycles. The van der Waals surface area contributed by atoms with Gasteiger partial charge in [0.15, 0.2) is 5.13 Å². The van der Waals surface area contributed by atoms with Gasteiger partial charge in [0.2, 0.25) is 0 Å². The van der Waals surface area contributed by atoms with Gasteiger partial charge in [-0.3, -0.25) is 10.1 Å². The molecule has 1 aromatic heterocycles. The van der Waals surface area contributed by atoms with Gasteiger partial charge in [-0.15, -0.1) is 0 Å². The predicted molar refractivity (Wildman–Crippen MR) is 107 cm³/mol. The fraction of sp³-hybridized carbons (Fsp3) is 0.0476. The Morgan fingerprint density at radius 2 is 1.67 bits per heavy atom. The lowest BCUT2D eigenvalue weighted by Crippen LogP contribution is -2.11. The first kappa shape index (κ1) is 17.1. The molecule has 0 aliphatic heterocycles. The summed E-state index contributed by atoms with van der Waals surface area (Å²) in [6.07, 6.45) is 0. The van der Waals surface area contributed by atoms with E-state index in [1.807, 2.05) is 48.5 Å². The van der Waals surface area contributed by atoms with Crippen LogP contribution in [-0.2, 0) is 0 Å². The Morgan fingerprint density at radius 3 is 2.41 bits per heavy atom. The molecular weight excluding hydrogens is 360 g/mol. The maximum Gasteiger partial charge on any atom is 0.257 e. The Balaban J connectivity index is 1.48. The maximum absolute atomic E-state index is 12.5. The number of aromatic nitrogens is 1. The van der Waals surface area contributed by atoms with Gasteiger partial charge in [0.05, 0.1) is 11.8 Å². The first-order chi connectivity index (χ1) is 13.2. The number of fused-ring (bicyclic) bond motifs is 1. The maximum atomic E-state index is 12.5. The van der Waals surface area contributed by atoms with Crippen LogP contribution < -0.4 is 14.8 Å². The number of methoxy groups -OCH3 is 1. The van der Waals surface area contributed by atoms with Crippen LogP contribution in [-0.4, -0.2) is 18.0 Å². The molecule has 0 unspecified atom stereocenters. The number of para-hydroxylation sites is 2. The molecule has 0 radical (unpaired) electrons. The first-order valence-electron chi connectivity index (χ1n) is 8.31. The Bertz CT molecular complexity index is 1080. The van der Waals surface area contributed by atoms with Crippen LogP contribution in [0, 0.1) is 0 Å². The third kappa shape index (κ3) is 3.75. The molecule has 1 heterocycles. The standard InChI is InChI=1S/C21H16N2O3S/c1-25-17-8-5-9-18-19(17)22-21(27-18)23-20(24)14-10-12-16(13-11-14)26-15-6-3-2-4-7-15/h2-13H,1H3,(H,22,23,24). The van der Waals surface area contributed by atoms with E-state index in [0.29, 0.717) is 22.2 Å². The molecular formula is C21H16N2O3S. The molecule has 0 aliphatic rings. The number of hydrogen-bond donors (Lipinski definition) is 1. The SMILES string of the molecule is COc1cccc2sc(NC(=O)c3ccc(Oc4ccccc4)cc3)nc12. The number of carbonyl (C=O) groups is 1. The Labute approximate surface area is 160 Å². The van der Waals surface area contributed by atoms with Crippen LogP contribution in [0.1, 0.15) is 10.4 Å². The monoisotopic (exact) mass is 376 g/mol. The van der Waals surface area contributed by atoms with Gasteiger partial charge in [-0.25, -0.2) is 4.98 Å². The topological polar surface area (TPSA) is 60.5 Å². The molecule has 3 aromatic carbocycles. The molecule has 134 valence electrons. The van der Waals surface area contributed by atoms with Crippen molar-refractivity contribution in [2.24, 2.45) is 0 Å². The van der Waals surface area contributed by atoms with E-state index >= 15 is 0 Å². The summed E-state index contributed by atoms with van der Waals surface area (Å²) >= 11 is 1.41. The van der Waals surface area contributed by atoms with E-state index in [-0.39, 0.29) is 5.91 Å². The van der Waals surface area contributed by atoms with Gasteiger partial charge in [-0.05, 0) is 48.5 Å². The van der Waals surface area contributed by atoms with E-state index in [1.165, 1.54) is 11.3 Å². The number of nitrogens with one attached hydrogen (secondary N) is 1. The molecule has 0 spiro atoms. The van der Waals surface area contributed by atoms with Crippen LogP contribution in [0.4, 0.5) is 5.13 Å². The molecule has 0 bridgehead atoms. The summed E-state index contributed by atoms with van der Waals surface area (Å²) in [6, 6.07) is 22.2. The van der Waals surface area contributed by atoms with E-state index in [4.69, 9.17) is 9.47 Å². The molecule has 6 heteroatoms. The highest BCUT2D eigenvalue weighted by molar-refractivity contribution is 7.22. The lowest BCUT2D eigenvalue weighted by atomic mass is 10.2. The van der Waals surface area contributed by atoms with E-state index in [1.54, 1.807) is 31.4 Å². The minimum absolute atomic E-state index is 0.223.